The van der Waals surface area contributed by atoms with Gasteiger partial charge in [0.15, 0.2) is 11.0 Å². The second-order valence-electron chi connectivity index (χ2n) is 7.82. The Bertz CT molecular complexity index is 1370. The van der Waals surface area contributed by atoms with Gasteiger partial charge in [0.25, 0.3) is 5.69 Å². The van der Waals surface area contributed by atoms with Gasteiger partial charge >= 0.3 is 0 Å². The molecule has 0 saturated heterocycles. The highest BCUT2D eigenvalue weighted by atomic mass is 32.2. The summed E-state index contributed by atoms with van der Waals surface area (Å²) >= 11 is 1.24. The lowest BCUT2D eigenvalue weighted by atomic mass is 10.1. The van der Waals surface area contributed by atoms with Gasteiger partial charge in [0.2, 0.25) is 5.91 Å². The lowest BCUT2D eigenvalue weighted by molar-refractivity contribution is -0.384. The van der Waals surface area contributed by atoms with Crippen molar-refractivity contribution < 1.29 is 14.5 Å². The molecule has 1 aromatic heterocycles. The Labute approximate surface area is 206 Å². The van der Waals surface area contributed by atoms with Crippen LogP contribution in [0.1, 0.15) is 11.1 Å². The molecule has 0 radical (unpaired) electrons. The number of rotatable bonds is 8. The number of nitrogens with zero attached hydrogens (tertiary/aromatic N) is 4. The standard InChI is InChI=1S/C25H23N5O4S/c1-16-4-8-18(9-5-16)24-27-28-25(29(24)19-10-6-17(2)7-11-19)35-15-23(31)26-21-13-12-20(30(32)33)14-22(21)34-3/h4-14H,15H2,1-3H3,(H,26,31). The molecule has 0 bridgehead atoms. The van der Waals surface area contributed by atoms with E-state index in [1.807, 2.05) is 66.9 Å². The fourth-order valence-corrected chi connectivity index (χ4v) is 4.14. The number of ether oxygens (including phenoxy) is 1. The van der Waals surface area contributed by atoms with E-state index in [9.17, 15) is 14.9 Å². The number of carbonyl (C=O) groups excluding carboxylic acids is 1. The molecule has 35 heavy (non-hydrogen) atoms. The van der Waals surface area contributed by atoms with Crippen LogP contribution >= 0.6 is 11.8 Å². The average Bonchev–Trinajstić information content (AvgIpc) is 3.27. The van der Waals surface area contributed by atoms with Crippen LogP contribution in [-0.2, 0) is 4.79 Å². The van der Waals surface area contributed by atoms with Gasteiger partial charge in [-0.2, -0.15) is 0 Å². The topological polar surface area (TPSA) is 112 Å². The minimum absolute atomic E-state index is 0.0536. The molecule has 3 aromatic carbocycles. The lowest BCUT2D eigenvalue weighted by Crippen LogP contribution is -2.15. The number of thioether (sulfide) groups is 1. The highest BCUT2D eigenvalue weighted by Gasteiger charge is 2.18. The van der Waals surface area contributed by atoms with E-state index in [1.165, 1.54) is 37.1 Å². The largest absolute Gasteiger partial charge is 0.494 e. The number of nitro groups is 1. The molecule has 0 unspecified atom stereocenters. The summed E-state index contributed by atoms with van der Waals surface area (Å²) in [5.74, 6) is 0.631. The zero-order valence-electron chi connectivity index (χ0n) is 19.4. The van der Waals surface area contributed by atoms with E-state index in [0.29, 0.717) is 16.7 Å². The van der Waals surface area contributed by atoms with Crippen molar-refractivity contribution in [1.29, 1.82) is 0 Å². The molecule has 1 heterocycles. The second-order valence-corrected chi connectivity index (χ2v) is 8.76. The summed E-state index contributed by atoms with van der Waals surface area (Å²) in [6.45, 7) is 4.04. The van der Waals surface area contributed by atoms with Crippen molar-refractivity contribution in [2.24, 2.45) is 0 Å². The van der Waals surface area contributed by atoms with Crippen molar-refractivity contribution in [2.45, 2.75) is 19.0 Å². The smallest absolute Gasteiger partial charge is 0.273 e. The van der Waals surface area contributed by atoms with Gasteiger partial charge in [-0.25, -0.2) is 0 Å². The van der Waals surface area contributed by atoms with E-state index < -0.39 is 4.92 Å². The van der Waals surface area contributed by atoms with E-state index in [0.717, 1.165) is 22.4 Å². The zero-order chi connectivity index (χ0) is 24.9. The summed E-state index contributed by atoms with van der Waals surface area (Å²) in [4.78, 5) is 23.2. The molecule has 0 aliphatic carbocycles. The highest BCUT2D eigenvalue weighted by Crippen LogP contribution is 2.31. The molecule has 1 N–H and O–H groups in total. The number of hydrogen-bond acceptors (Lipinski definition) is 7. The molecular weight excluding hydrogens is 466 g/mol. The number of amides is 1. The second kappa shape index (κ2) is 10.4. The number of aryl methyl sites for hydroxylation is 2. The monoisotopic (exact) mass is 489 g/mol. The third kappa shape index (κ3) is 5.49. The number of non-ortho nitro benzene ring substituents is 1. The Morgan fingerprint density at radius 3 is 2.31 bits per heavy atom. The van der Waals surface area contributed by atoms with E-state index in [4.69, 9.17) is 4.74 Å². The first-order valence-corrected chi connectivity index (χ1v) is 11.7. The molecule has 4 aromatic rings. The number of methoxy groups -OCH3 is 1. The molecule has 178 valence electrons. The van der Waals surface area contributed by atoms with E-state index in [1.54, 1.807) is 0 Å². The molecule has 0 aliphatic heterocycles. The van der Waals surface area contributed by atoms with Crippen LogP contribution in [0, 0.1) is 24.0 Å². The number of anilines is 1. The summed E-state index contributed by atoms with van der Waals surface area (Å²) in [6, 6.07) is 20.0. The normalized spacial score (nSPS) is 10.7. The Morgan fingerprint density at radius 2 is 1.69 bits per heavy atom. The van der Waals surface area contributed by atoms with Crippen molar-refractivity contribution in [3.63, 3.8) is 0 Å². The van der Waals surface area contributed by atoms with E-state index >= 15 is 0 Å². The van der Waals surface area contributed by atoms with Gasteiger partial charge < -0.3 is 10.1 Å². The van der Waals surface area contributed by atoms with Crippen LogP contribution in [0.25, 0.3) is 17.1 Å². The van der Waals surface area contributed by atoms with E-state index in [2.05, 4.69) is 15.5 Å². The molecule has 0 aliphatic rings. The molecule has 4 rings (SSSR count). The van der Waals surface area contributed by atoms with Crippen LogP contribution in [0.4, 0.5) is 11.4 Å². The summed E-state index contributed by atoms with van der Waals surface area (Å²) < 4.78 is 7.12. The Kier molecular flexibility index (Phi) is 7.11. The summed E-state index contributed by atoms with van der Waals surface area (Å²) in [6.07, 6.45) is 0. The number of benzene rings is 3. The first-order valence-electron chi connectivity index (χ1n) is 10.7. The third-order valence-corrected chi connectivity index (χ3v) is 6.17. The predicted molar refractivity (Wildman–Crippen MR) is 135 cm³/mol. The number of nitrogens with one attached hydrogen (secondary N) is 1. The first-order chi connectivity index (χ1) is 16.9. The Hall–Kier alpha value is -4.18. The third-order valence-electron chi connectivity index (χ3n) is 5.24. The van der Waals surface area contributed by atoms with Gasteiger partial charge in [0.05, 0.1) is 29.5 Å². The number of hydrogen-bond donors (Lipinski definition) is 1. The van der Waals surface area contributed by atoms with Crippen molar-refractivity contribution in [1.82, 2.24) is 14.8 Å². The number of aromatic nitrogens is 3. The molecule has 1 amide bonds. The summed E-state index contributed by atoms with van der Waals surface area (Å²) in [5, 5.41) is 23.1. The molecule has 0 saturated carbocycles. The molecular formula is C25H23N5O4S. The summed E-state index contributed by atoms with van der Waals surface area (Å²) in [5.41, 5.74) is 4.30. The maximum atomic E-state index is 12.7. The highest BCUT2D eigenvalue weighted by molar-refractivity contribution is 7.99. The van der Waals surface area contributed by atoms with Crippen LogP contribution in [0.15, 0.2) is 71.9 Å². The SMILES string of the molecule is COc1cc([N+](=O)[O-])ccc1NC(=O)CSc1nnc(-c2ccc(C)cc2)n1-c1ccc(C)cc1. The van der Waals surface area contributed by atoms with Gasteiger partial charge in [0.1, 0.15) is 5.75 Å². The average molecular weight is 490 g/mol. The molecule has 10 heteroatoms. The maximum absolute atomic E-state index is 12.7. The number of nitro benzene ring substituents is 1. The van der Waals surface area contributed by atoms with Gasteiger partial charge in [0, 0.05) is 17.3 Å². The molecule has 0 fully saturated rings. The fourth-order valence-electron chi connectivity index (χ4n) is 3.39. The van der Waals surface area contributed by atoms with Gasteiger partial charge in [-0.15, -0.1) is 10.2 Å². The predicted octanol–water partition coefficient (Wildman–Crippen LogP) is 5.20. The van der Waals surface area contributed by atoms with Crippen molar-refractivity contribution in [3.8, 4) is 22.8 Å². The summed E-state index contributed by atoms with van der Waals surface area (Å²) in [7, 11) is 1.39. The van der Waals surface area contributed by atoms with Crippen LogP contribution < -0.4 is 10.1 Å². The maximum Gasteiger partial charge on any atom is 0.273 e. The minimum atomic E-state index is -0.520. The van der Waals surface area contributed by atoms with Crippen LogP contribution in [-0.4, -0.2) is 38.5 Å². The number of carbonyl (C=O) groups is 1. The van der Waals surface area contributed by atoms with Gasteiger partial charge in [-0.1, -0.05) is 59.3 Å². The quantitative estimate of drug-likeness (QED) is 0.206. The van der Waals surface area contributed by atoms with Crippen molar-refractivity contribution >= 4 is 29.0 Å². The molecule has 0 atom stereocenters. The minimum Gasteiger partial charge on any atom is -0.494 e. The van der Waals surface area contributed by atoms with Crippen LogP contribution in [0.2, 0.25) is 0 Å². The van der Waals surface area contributed by atoms with Crippen molar-refractivity contribution in [3.05, 3.63) is 88.0 Å². The van der Waals surface area contributed by atoms with Crippen molar-refractivity contribution in [2.75, 3.05) is 18.2 Å². The van der Waals surface area contributed by atoms with Crippen LogP contribution in [0.5, 0.6) is 5.75 Å². The first kappa shape index (κ1) is 24.0. The molecule has 9 nitrogen and oxygen atoms in total. The zero-order valence-corrected chi connectivity index (χ0v) is 20.2. The Morgan fingerprint density at radius 1 is 1.03 bits per heavy atom. The fraction of sp³-hybridized carbons (Fsp3) is 0.160. The van der Waals surface area contributed by atoms with Crippen LogP contribution in [0.3, 0.4) is 0 Å². The Balaban J connectivity index is 1.57. The van der Waals surface area contributed by atoms with E-state index in [-0.39, 0.29) is 23.1 Å². The van der Waals surface area contributed by atoms with Gasteiger partial charge in [-0.05, 0) is 32.0 Å². The molecule has 0 spiro atoms. The lowest BCUT2D eigenvalue weighted by Gasteiger charge is -2.12. The van der Waals surface area contributed by atoms with Gasteiger partial charge in [-0.3, -0.25) is 19.5 Å².